The second kappa shape index (κ2) is 6.71. The van der Waals surface area contributed by atoms with Gasteiger partial charge in [0.2, 0.25) is 0 Å². The Balaban J connectivity index is 1.90. The van der Waals surface area contributed by atoms with Crippen LogP contribution >= 0.6 is 11.8 Å². The highest BCUT2D eigenvalue weighted by molar-refractivity contribution is 8.05. The first-order valence-electron chi connectivity index (χ1n) is 5.94. The van der Waals surface area contributed by atoms with E-state index in [9.17, 15) is 0 Å². The van der Waals surface area contributed by atoms with Gasteiger partial charge in [0.05, 0.1) is 0 Å². The molecule has 0 aliphatic heterocycles. The number of hydrogen-bond donors (Lipinski definition) is 2. The Morgan fingerprint density at radius 2 is 1.21 bits per heavy atom. The normalized spacial score (nSPS) is 11.4. The van der Waals surface area contributed by atoms with E-state index in [4.69, 9.17) is 11.5 Å². The number of nitrogens with two attached hydrogens (primary N) is 2. The monoisotopic (exact) mass is 268 g/mol. The van der Waals surface area contributed by atoms with Gasteiger partial charge in [-0.15, -0.1) is 11.8 Å². The van der Waals surface area contributed by atoms with Crippen molar-refractivity contribution in [1.29, 1.82) is 0 Å². The second-order valence-corrected chi connectivity index (χ2v) is 4.90. The summed E-state index contributed by atoms with van der Waals surface area (Å²) in [4.78, 5) is 0. The third-order valence-electron chi connectivity index (χ3n) is 2.50. The van der Waals surface area contributed by atoms with E-state index in [1.54, 1.807) is 11.8 Å². The zero-order valence-electron chi connectivity index (χ0n) is 10.5. The van der Waals surface area contributed by atoms with Gasteiger partial charge in [0.15, 0.2) is 0 Å². The fourth-order valence-electron chi connectivity index (χ4n) is 1.61. The van der Waals surface area contributed by atoms with E-state index in [0.29, 0.717) is 0 Å². The smallest absolute Gasteiger partial charge is 0.0319 e. The number of anilines is 2. The first-order valence-corrected chi connectivity index (χ1v) is 6.88. The topological polar surface area (TPSA) is 52.0 Å². The molecule has 0 heterocycles. The van der Waals surface area contributed by atoms with Crippen LogP contribution in [0.3, 0.4) is 0 Å². The van der Waals surface area contributed by atoms with Crippen molar-refractivity contribution in [1.82, 2.24) is 0 Å². The Labute approximate surface area is 117 Å². The Morgan fingerprint density at radius 3 is 1.63 bits per heavy atom. The summed E-state index contributed by atoms with van der Waals surface area (Å²) in [6.45, 7) is 0. The van der Waals surface area contributed by atoms with E-state index < -0.39 is 0 Å². The third-order valence-corrected chi connectivity index (χ3v) is 3.09. The molecule has 2 aromatic rings. The van der Waals surface area contributed by atoms with Gasteiger partial charge in [-0.25, -0.2) is 0 Å². The Kier molecular flexibility index (Phi) is 4.70. The zero-order valence-corrected chi connectivity index (χ0v) is 11.3. The quantitative estimate of drug-likeness (QED) is 0.816. The molecular formula is C16H16N2S. The molecule has 19 heavy (non-hydrogen) atoms. The summed E-state index contributed by atoms with van der Waals surface area (Å²) in [5.41, 5.74) is 15.2. The highest BCUT2D eigenvalue weighted by atomic mass is 32.2. The van der Waals surface area contributed by atoms with Gasteiger partial charge < -0.3 is 11.5 Å². The van der Waals surface area contributed by atoms with Gasteiger partial charge in [-0.2, -0.15) is 0 Å². The minimum Gasteiger partial charge on any atom is -0.399 e. The predicted octanol–water partition coefficient (Wildman–Crippen LogP) is 4.23. The predicted molar refractivity (Wildman–Crippen MR) is 87.4 cm³/mol. The molecule has 0 bridgehead atoms. The van der Waals surface area contributed by atoms with Crippen molar-refractivity contribution in [2.45, 2.75) is 0 Å². The lowest BCUT2D eigenvalue weighted by Crippen LogP contribution is -1.83. The van der Waals surface area contributed by atoms with Crippen LogP contribution in [0.5, 0.6) is 0 Å². The van der Waals surface area contributed by atoms with E-state index in [0.717, 1.165) is 22.5 Å². The van der Waals surface area contributed by atoms with Crippen molar-refractivity contribution in [3.63, 3.8) is 0 Å². The standard InChI is InChI=1S/C16H16N2S/c17-15-5-1-3-13(11-15)7-9-19-10-8-14-4-2-6-16(18)12-14/h1-12H,17-18H2/b9-7-,10-8-. The average molecular weight is 268 g/mol. The fourth-order valence-corrected chi connectivity index (χ4v) is 2.17. The molecule has 0 aromatic heterocycles. The molecule has 0 saturated heterocycles. The van der Waals surface area contributed by atoms with Crippen LogP contribution in [0.2, 0.25) is 0 Å². The van der Waals surface area contributed by atoms with Crippen LogP contribution < -0.4 is 11.5 Å². The maximum Gasteiger partial charge on any atom is 0.0319 e. The lowest BCUT2D eigenvalue weighted by atomic mass is 10.2. The molecule has 0 atom stereocenters. The maximum absolute atomic E-state index is 5.71. The summed E-state index contributed by atoms with van der Waals surface area (Å²) >= 11 is 1.61. The number of benzene rings is 2. The summed E-state index contributed by atoms with van der Waals surface area (Å²) in [5.74, 6) is 0. The summed E-state index contributed by atoms with van der Waals surface area (Å²) in [6, 6.07) is 15.6. The SMILES string of the molecule is Nc1cccc(/C=C\S/C=C\c2cccc(N)c2)c1. The fraction of sp³-hybridized carbons (Fsp3) is 0. The molecule has 0 spiro atoms. The molecule has 2 rings (SSSR count). The van der Waals surface area contributed by atoms with Crippen LogP contribution in [0.4, 0.5) is 11.4 Å². The first kappa shape index (κ1) is 13.3. The molecule has 0 unspecified atom stereocenters. The van der Waals surface area contributed by atoms with E-state index in [2.05, 4.69) is 0 Å². The third kappa shape index (κ3) is 4.56. The summed E-state index contributed by atoms with van der Waals surface area (Å²) in [5, 5.41) is 4.05. The molecule has 0 fully saturated rings. The highest BCUT2D eigenvalue weighted by Gasteiger charge is 1.88. The van der Waals surface area contributed by atoms with Crippen molar-refractivity contribution in [3.05, 3.63) is 70.5 Å². The van der Waals surface area contributed by atoms with Crippen LogP contribution in [0.25, 0.3) is 12.2 Å². The molecule has 0 aliphatic carbocycles. The minimum absolute atomic E-state index is 0.780. The maximum atomic E-state index is 5.71. The van der Waals surface area contributed by atoms with E-state index >= 15 is 0 Å². The van der Waals surface area contributed by atoms with E-state index in [1.807, 2.05) is 71.5 Å². The van der Waals surface area contributed by atoms with Crippen LogP contribution in [-0.2, 0) is 0 Å². The van der Waals surface area contributed by atoms with Gasteiger partial charge in [-0.1, -0.05) is 24.3 Å². The van der Waals surface area contributed by atoms with Gasteiger partial charge in [0.1, 0.15) is 0 Å². The lowest BCUT2D eigenvalue weighted by Gasteiger charge is -1.95. The highest BCUT2D eigenvalue weighted by Crippen LogP contribution is 2.15. The van der Waals surface area contributed by atoms with E-state index in [1.165, 1.54) is 0 Å². The first-order chi connectivity index (χ1) is 9.24. The number of rotatable bonds is 4. The van der Waals surface area contributed by atoms with Crippen molar-refractivity contribution < 1.29 is 0 Å². The van der Waals surface area contributed by atoms with Gasteiger partial charge >= 0.3 is 0 Å². The zero-order chi connectivity index (χ0) is 13.5. The number of thioether (sulfide) groups is 1. The van der Waals surface area contributed by atoms with Crippen LogP contribution in [-0.4, -0.2) is 0 Å². The van der Waals surface area contributed by atoms with Gasteiger partial charge in [-0.3, -0.25) is 0 Å². The molecule has 96 valence electrons. The molecule has 0 aliphatic rings. The van der Waals surface area contributed by atoms with Gasteiger partial charge in [0, 0.05) is 11.4 Å². The van der Waals surface area contributed by atoms with Crippen molar-refractivity contribution in [2.24, 2.45) is 0 Å². The molecule has 2 nitrogen and oxygen atoms in total. The Hall–Kier alpha value is -2.13. The second-order valence-electron chi connectivity index (χ2n) is 4.08. The van der Waals surface area contributed by atoms with Crippen LogP contribution in [0, 0.1) is 0 Å². The van der Waals surface area contributed by atoms with Gasteiger partial charge in [0.25, 0.3) is 0 Å². The lowest BCUT2D eigenvalue weighted by molar-refractivity contribution is 1.65. The molecule has 0 radical (unpaired) electrons. The molecule has 2 aromatic carbocycles. The van der Waals surface area contributed by atoms with Crippen LogP contribution in [0.15, 0.2) is 59.3 Å². The van der Waals surface area contributed by atoms with Crippen molar-refractivity contribution in [2.75, 3.05) is 11.5 Å². The summed E-state index contributed by atoms with van der Waals surface area (Å²) in [6.07, 6.45) is 4.06. The van der Waals surface area contributed by atoms with Gasteiger partial charge in [-0.05, 0) is 58.4 Å². The average Bonchev–Trinajstić information content (AvgIpc) is 2.38. The van der Waals surface area contributed by atoms with Crippen molar-refractivity contribution in [3.8, 4) is 0 Å². The largest absolute Gasteiger partial charge is 0.399 e. The Bertz CT molecular complexity index is 550. The molecule has 3 heteroatoms. The Morgan fingerprint density at radius 1 is 0.737 bits per heavy atom. The molecular weight excluding hydrogens is 252 g/mol. The minimum atomic E-state index is 0.780. The van der Waals surface area contributed by atoms with Crippen LogP contribution in [0.1, 0.15) is 11.1 Å². The molecule has 0 saturated carbocycles. The summed E-state index contributed by atoms with van der Waals surface area (Å²) in [7, 11) is 0. The van der Waals surface area contributed by atoms with Crippen molar-refractivity contribution >= 4 is 35.3 Å². The molecule has 4 N–H and O–H groups in total. The summed E-state index contributed by atoms with van der Waals surface area (Å²) < 4.78 is 0. The molecule has 0 amide bonds. The number of nitrogen functional groups attached to an aromatic ring is 2. The number of hydrogen-bond acceptors (Lipinski definition) is 3. The van der Waals surface area contributed by atoms with E-state index in [-0.39, 0.29) is 0 Å².